The molecule has 0 atom stereocenters. The number of rotatable bonds is 5. The Hall–Kier alpha value is -0.870. The fourth-order valence-corrected chi connectivity index (χ4v) is 2.72. The molecule has 0 saturated carbocycles. The van der Waals surface area contributed by atoms with Crippen LogP contribution in [0.1, 0.15) is 38.2 Å². The summed E-state index contributed by atoms with van der Waals surface area (Å²) < 4.78 is 0. The Morgan fingerprint density at radius 3 is 2.72 bits per heavy atom. The number of nitrogens with one attached hydrogen (secondary N) is 1. The molecule has 1 aliphatic rings. The summed E-state index contributed by atoms with van der Waals surface area (Å²) in [6.45, 7) is 8.64. The molecule has 4 nitrogen and oxygen atoms in total. The van der Waals surface area contributed by atoms with Crippen LogP contribution in [0.4, 0.5) is 5.82 Å². The van der Waals surface area contributed by atoms with Gasteiger partial charge in [0.2, 0.25) is 0 Å². The van der Waals surface area contributed by atoms with Gasteiger partial charge in [0, 0.05) is 18.7 Å². The molecule has 0 aromatic carbocycles. The van der Waals surface area contributed by atoms with E-state index >= 15 is 0 Å². The van der Waals surface area contributed by atoms with Gasteiger partial charge in [0.05, 0.1) is 0 Å². The molecule has 1 aromatic heterocycles. The van der Waals surface area contributed by atoms with E-state index in [9.17, 15) is 0 Å². The molecule has 18 heavy (non-hydrogen) atoms. The molecule has 100 valence electrons. The van der Waals surface area contributed by atoms with Crippen LogP contribution in [-0.2, 0) is 0 Å². The largest absolute Gasteiger partial charge is 0.368 e. The van der Waals surface area contributed by atoms with E-state index in [1.807, 2.05) is 0 Å². The van der Waals surface area contributed by atoms with Gasteiger partial charge >= 0.3 is 0 Å². The SMILES string of the molecule is CC(C)c1c(Cl)ncnc1NCCN1CCCC1. The molecule has 2 heterocycles. The molecule has 1 N–H and O–H groups in total. The van der Waals surface area contributed by atoms with Crippen LogP contribution in [0.25, 0.3) is 0 Å². The Balaban J connectivity index is 1.93. The van der Waals surface area contributed by atoms with E-state index < -0.39 is 0 Å². The number of nitrogens with zero attached hydrogens (tertiary/aromatic N) is 3. The van der Waals surface area contributed by atoms with E-state index in [4.69, 9.17) is 11.6 Å². The van der Waals surface area contributed by atoms with Crippen molar-refractivity contribution in [3.63, 3.8) is 0 Å². The smallest absolute Gasteiger partial charge is 0.138 e. The van der Waals surface area contributed by atoms with Crippen molar-refractivity contribution in [1.82, 2.24) is 14.9 Å². The van der Waals surface area contributed by atoms with Gasteiger partial charge in [-0.05, 0) is 31.8 Å². The topological polar surface area (TPSA) is 41.1 Å². The lowest BCUT2D eigenvalue weighted by molar-refractivity contribution is 0.352. The maximum Gasteiger partial charge on any atom is 0.138 e. The maximum absolute atomic E-state index is 6.13. The van der Waals surface area contributed by atoms with Crippen LogP contribution in [-0.4, -0.2) is 41.0 Å². The minimum Gasteiger partial charge on any atom is -0.368 e. The van der Waals surface area contributed by atoms with Crippen LogP contribution < -0.4 is 5.32 Å². The van der Waals surface area contributed by atoms with Crippen LogP contribution in [0.2, 0.25) is 5.15 Å². The van der Waals surface area contributed by atoms with Crippen molar-refractivity contribution in [2.24, 2.45) is 0 Å². The number of hydrogen-bond acceptors (Lipinski definition) is 4. The van der Waals surface area contributed by atoms with Crippen molar-refractivity contribution < 1.29 is 0 Å². The zero-order valence-electron chi connectivity index (χ0n) is 11.1. The predicted molar refractivity (Wildman–Crippen MR) is 75.3 cm³/mol. The Kier molecular flexibility index (Phi) is 4.78. The first-order valence-electron chi connectivity index (χ1n) is 6.65. The molecule has 0 amide bonds. The average Bonchev–Trinajstić information content (AvgIpc) is 2.81. The molecule has 0 bridgehead atoms. The number of halogens is 1. The highest BCUT2D eigenvalue weighted by Crippen LogP contribution is 2.27. The Bertz CT molecular complexity index is 389. The lowest BCUT2D eigenvalue weighted by Crippen LogP contribution is -2.26. The summed E-state index contributed by atoms with van der Waals surface area (Å²) in [6.07, 6.45) is 4.18. The Morgan fingerprint density at radius 2 is 2.06 bits per heavy atom. The fourth-order valence-electron chi connectivity index (χ4n) is 2.37. The van der Waals surface area contributed by atoms with Gasteiger partial charge in [-0.2, -0.15) is 0 Å². The third-order valence-electron chi connectivity index (χ3n) is 3.33. The molecule has 0 aliphatic carbocycles. The van der Waals surface area contributed by atoms with Gasteiger partial charge in [0.15, 0.2) is 0 Å². The van der Waals surface area contributed by atoms with Gasteiger partial charge in [-0.15, -0.1) is 0 Å². The predicted octanol–water partition coefficient (Wildman–Crippen LogP) is 2.76. The van der Waals surface area contributed by atoms with Gasteiger partial charge in [-0.25, -0.2) is 9.97 Å². The van der Waals surface area contributed by atoms with Gasteiger partial charge < -0.3 is 10.2 Å². The maximum atomic E-state index is 6.13. The lowest BCUT2D eigenvalue weighted by Gasteiger charge is -2.17. The second kappa shape index (κ2) is 6.34. The van der Waals surface area contributed by atoms with Crippen molar-refractivity contribution >= 4 is 17.4 Å². The second-order valence-corrected chi connectivity index (χ2v) is 5.41. The minimum absolute atomic E-state index is 0.327. The van der Waals surface area contributed by atoms with Gasteiger partial charge in [0.25, 0.3) is 0 Å². The highest BCUT2D eigenvalue weighted by Gasteiger charge is 2.14. The summed E-state index contributed by atoms with van der Waals surface area (Å²) in [4.78, 5) is 10.8. The fraction of sp³-hybridized carbons (Fsp3) is 0.692. The van der Waals surface area contributed by atoms with Crippen LogP contribution in [0.5, 0.6) is 0 Å². The molecular weight excluding hydrogens is 248 g/mol. The first kappa shape index (κ1) is 13.6. The third kappa shape index (κ3) is 3.33. The summed E-state index contributed by atoms with van der Waals surface area (Å²) >= 11 is 6.13. The molecule has 2 rings (SSSR count). The Morgan fingerprint density at radius 1 is 1.33 bits per heavy atom. The van der Waals surface area contributed by atoms with Gasteiger partial charge in [0.1, 0.15) is 17.3 Å². The summed E-state index contributed by atoms with van der Waals surface area (Å²) in [6, 6.07) is 0. The van der Waals surface area contributed by atoms with E-state index in [-0.39, 0.29) is 0 Å². The van der Waals surface area contributed by atoms with Crippen LogP contribution >= 0.6 is 11.6 Å². The van der Waals surface area contributed by atoms with Crippen molar-refractivity contribution in [2.45, 2.75) is 32.6 Å². The van der Waals surface area contributed by atoms with E-state index in [0.29, 0.717) is 11.1 Å². The molecule has 1 aromatic rings. The molecule has 5 heteroatoms. The molecule has 0 radical (unpaired) electrons. The molecular formula is C13H21ClN4. The van der Waals surface area contributed by atoms with Crippen molar-refractivity contribution in [3.05, 3.63) is 17.0 Å². The molecule has 1 saturated heterocycles. The first-order chi connectivity index (χ1) is 8.68. The number of likely N-dealkylation sites (tertiary alicyclic amines) is 1. The molecule has 1 fully saturated rings. The number of aromatic nitrogens is 2. The van der Waals surface area contributed by atoms with Crippen LogP contribution in [0.3, 0.4) is 0 Å². The minimum atomic E-state index is 0.327. The number of anilines is 1. The monoisotopic (exact) mass is 268 g/mol. The zero-order valence-corrected chi connectivity index (χ0v) is 11.9. The molecule has 0 unspecified atom stereocenters. The van der Waals surface area contributed by atoms with Crippen LogP contribution in [0, 0.1) is 0 Å². The molecule has 0 spiro atoms. The highest BCUT2D eigenvalue weighted by molar-refractivity contribution is 6.30. The van der Waals surface area contributed by atoms with Crippen molar-refractivity contribution in [2.75, 3.05) is 31.5 Å². The van der Waals surface area contributed by atoms with Crippen molar-refractivity contribution in [3.8, 4) is 0 Å². The van der Waals surface area contributed by atoms with E-state index in [1.54, 1.807) is 0 Å². The van der Waals surface area contributed by atoms with E-state index in [0.717, 1.165) is 24.5 Å². The standard InChI is InChI=1S/C13H21ClN4/c1-10(2)11-12(14)16-9-17-13(11)15-5-8-18-6-3-4-7-18/h9-10H,3-8H2,1-2H3,(H,15,16,17). The first-order valence-corrected chi connectivity index (χ1v) is 7.03. The summed E-state index contributed by atoms with van der Waals surface area (Å²) in [5.74, 6) is 1.21. The molecule has 1 aliphatic heterocycles. The van der Waals surface area contributed by atoms with E-state index in [1.165, 1.54) is 32.3 Å². The Labute approximate surface area is 114 Å². The zero-order chi connectivity index (χ0) is 13.0. The van der Waals surface area contributed by atoms with Crippen LogP contribution in [0.15, 0.2) is 6.33 Å². The van der Waals surface area contributed by atoms with E-state index in [2.05, 4.69) is 34.0 Å². The summed E-state index contributed by atoms with van der Waals surface area (Å²) in [5, 5.41) is 3.94. The van der Waals surface area contributed by atoms with Gasteiger partial charge in [-0.3, -0.25) is 0 Å². The summed E-state index contributed by atoms with van der Waals surface area (Å²) in [5.41, 5.74) is 1.01. The third-order valence-corrected chi connectivity index (χ3v) is 3.63. The summed E-state index contributed by atoms with van der Waals surface area (Å²) in [7, 11) is 0. The number of hydrogen-bond donors (Lipinski definition) is 1. The normalized spacial score (nSPS) is 16.4. The highest BCUT2D eigenvalue weighted by atomic mass is 35.5. The lowest BCUT2D eigenvalue weighted by atomic mass is 10.1. The van der Waals surface area contributed by atoms with Crippen molar-refractivity contribution in [1.29, 1.82) is 0 Å². The van der Waals surface area contributed by atoms with Gasteiger partial charge in [-0.1, -0.05) is 25.4 Å². The average molecular weight is 269 g/mol. The second-order valence-electron chi connectivity index (χ2n) is 5.06. The quantitative estimate of drug-likeness (QED) is 0.834.